The van der Waals surface area contributed by atoms with Gasteiger partial charge in [-0.15, -0.1) is 0 Å². The highest BCUT2D eigenvalue weighted by molar-refractivity contribution is 7.88. The molecule has 2 aromatic heterocycles. The molecule has 1 aliphatic heterocycles. The fourth-order valence-corrected chi connectivity index (χ4v) is 4.29. The van der Waals surface area contributed by atoms with Gasteiger partial charge in [-0.25, -0.2) is 17.9 Å². The number of H-pyrrole nitrogens is 2. The molecule has 1 fully saturated rings. The number of rotatable bonds is 4. The summed E-state index contributed by atoms with van der Waals surface area (Å²) in [5.74, 6) is 0. The van der Waals surface area contributed by atoms with Gasteiger partial charge in [0.25, 0.3) is 5.56 Å². The molecule has 132 valence electrons. The number of hydrogen-bond acceptors (Lipinski definition) is 8. The average molecular weight is 378 g/mol. The molecule has 2 aromatic rings. The quantitative estimate of drug-likeness (QED) is 0.462. The summed E-state index contributed by atoms with van der Waals surface area (Å²) in [6, 6.07) is -0.838. The van der Waals surface area contributed by atoms with Gasteiger partial charge in [-0.3, -0.25) is 24.1 Å². The Labute approximate surface area is 138 Å². The Morgan fingerprint density at radius 1 is 1.38 bits per heavy atom. The lowest BCUT2D eigenvalue weighted by molar-refractivity contribution is -0.0257. The molecule has 3 heterocycles. The van der Waals surface area contributed by atoms with Crippen LogP contribution in [0.25, 0.3) is 10.3 Å². The summed E-state index contributed by atoms with van der Waals surface area (Å²) in [7, 11) is -3.61. The van der Waals surface area contributed by atoms with Gasteiger partial charge < -0.3 is 9.84 Å². The van der Waals surface area contributed by atoms with E-state index >= 15 is 0 Å². The molecule has 0 spiro atoms. The highest BCUT2D eigenvalue weighted by atomic mass is 32.2. The molecule has 0 saturated carbocycles. The summed E-state index contributed by atoms with van der Waals surface area (Å²) in [6.45, 7) is -0.369. The molecule has 11 nitrogen and oxygen atoms in total. The lowest BCUT2D eigenvalue weighted by Crippen LogP contribution is -2.40. The van der Waals surface area contributed by atoms with E-state index in [-0.39, 0.29) is 23.4 Å². The zero-order chi connectivity index (χ0) is 17.6. The molecule has 3 rings (SSSR count). The van der Waals surface area contributed by atoms with Gasteiger partial charge in [-0.1, -0.05) is 11.3 Å². The summed E-state index contributed by atoms with van der Waals surface area (Å²) in [4.78, 5) is 39.4. The highest BCUT2D eigenvalue weighted by Gasteiger charge is 2.39. The van der Waals surface area contributed by atoms with Crippen LogP contribution in [0.5, 0.6) is 0 Å². The van der Waals surface area contributed by atoms with Crippen LogP contribution in [0.4, 0.5) is 0 Å². The van der Waals surface area contributed by atoms with Crippen LogP contribution in [0.15, 0.2) is 14.4 Å². The van der Waals surface area contributed by atoms with E-state index in [0.29, 0.717) is 11.3 Å². The first kappa shape index (κ1) is 17.0. The van der Waals surface area contributed by atoms with Crippen LogP contribution >= 0.6 is 11.3 Å². The fourth-order valence-electron chi connectivity index (χ4n) is 2.67. The zero-order valence-electron chi connectivity index (χ0n) is 12.3. The minimum atomic E-state index is -3.61. The van der Waals surface area contributed by atoms with E-state index in [9.17, 15) is 27.9 Å². The largest absolute Gasteiger partial charge is 0.394 e. The Morgan fingerprint density at radius 2 is 2.08 bits per heavy atom. The molecular weight excluding hydrogens is 364 g/mol. The standard InChI is InChI=1S/C11H14N4O7S2/c1-24(20,21)14-5-2-4(3-16)22-9(5)15-7-6(23-11(15)19)8(17)13-10(18)12-7/h4-5,9,14,16H,2-3H2,1H3,(H2,12,13,17,18). The van der Waals surface area contributed by atoms with Crippen LogP contribution < -0.4 is 20.8 Å². The molecule has 4 N–H and O–H groups in total. The van der Waals surface area contributed by atoms with Crippen LogP contribution in [0, 0.1) is 0 Å². The van der Waals surface area contributed by atoms with Crippen LogP contribution in [0.2, 0.25) is 0 Å². The van der Waals surface area contributed by atoms with Crippen molar-refractivity contribution in [1.29, 1.82) is 0 Å². The van der Waals surface area contributed by atoms with Gasteiger partial charge in [0.15, 0.2) is 6.23 Å². The second kappa shape index (κ2) is 5.93. The van der Waals surface area contributed by atoms with E-state index < -0.39 is 44.5 Å². The number of ether oxygens (including phenoxy) is 1. The van der Waals surface area contributed by atoms with Gasteiger partial charge in [-0.05, 0) is 6.42 Å². The van der Waals surface area contributed by atoms with Crippen molar-refractivity contribution in [3.05, 3.63) is 30.5 Å². The van der Waals surface area contributed by atoms with Crippen LogP contribution in [0.3, 0.4) is 0 Å². The third-order valence-electron chi connectivity index (χ3n) is 3.52. The number of nitrogens with zero attached hydrogens (tertiary/aromatic N) is 1. The van der Waals surface area contributed by atoms with E-state index in [1.54, 1.807) is 0 Å². The Morgan fingerprint density at radius 3 is 2.71 bits per heavy atom. The first-order chi connectivity index (χ1) is 11.2. The van der Waals surface area contributed by atoms with Gasteiger partial charge in [0.1, 0.15) is 10.3 Å². The maximum absolute atomic E-state index is 12.3. The minimum Gasteiger partial charge on any atom is -0.394 e. The number of sulfonamides is 1. The second-order valence-corrected chi connectivity index (χ2v) is 8.13. The van der Waals surface area contributed by atoms with Crippen molar-refractivity contribution in [2.75, 3.05) is 12.9 Å². The number of fused-ring (bicyclic) bond motifs is 1. The van der Waals surface area contributed by atoms with E-state index in [1.165, 1.54) is 0 Å². The molecule has 3 unspecified atom stereocenters. The molecule has 0 aliphatic carbocycles. The first-order valence-electron chi connectivity index (χ1n) is 6.81. The third kappa shape index (κ3) is 3.08. The molecule has 3 atom stereocenters. The van der Waals surface area contributed by atoms with Gasteiger partial charge in [0.05, 0.1) is 25.0 Å². The van der Waals surface area contributed by atoms with Crippen molar-refractivity contribution in [2.45, 2.75) is 24.8 Å². The Bertz CT molecular complexity index is 1050. The Kier molecular flexibility index (Phi) is 4.21. The van der Waals surface area contributed by atoms with E-state index in [2.05, 4.69) is 9.71 Å². The van der Waals surface area contributed by atoms with Gasteiger partial charge in [0, 0.05) is 0 Å². The molecule has 0 amide bonds. The fraction of sp³-hybridized carbons (Fsp3) is 0.545. The predicted molar refractivity (Wildman–Crippen MR) is 84.7 cm³/mol. The molecule has 1 aliphatic rings. The number of aromatic amines is 2. The van der Waals surface area contributed by atoms with Gasteiger partial charge in [-0.2, -0.15) is 0 Å². The monoisotopic (exact) mass is 378 g/mol. The number of aromatic nitrogens is 3. The number of aliphatic hydroxyl groups is 1. The average Bonchev–Trinajstić information content (AvgIpc) is 2.97. The summed E-state index contributed by atoms with van der Waals surface area (Å²) >= 11 is 0.604. The van der Waals surface area contributed by atoms with Crippen molar-refractivity contribution in [3.63, 3.8) is 0 Å². The smallest absolute Gasteiger partial charge is 0.327 e. The number of hydrogen-bond donors (Lipinski definition) is 4. The normalized spacial score (nSPS) is 24.7. The molecule has 0 bridgehead atoms. The van der Waals surface area contributed by atoms with E-state index in [1.807, 2.05) is 4.98 Å². The molecule has 0 aromatic carbocycles. The first-order valence-corrected chi connectivity index (χ1v) is 9.51. The van der Waals surface area contributed by atoms with Crippen molar-refractivity contribution < 1.29 is 18.3 Å². The Hall–Kier alpha value is -1.80. The molecular formula is C11H14N4O7S2. The van der Waals surface area contributed by atoms with E-state index in [4.69, 9.17) is 4.74 Å². The second-order valence-electron chi connectivity index (χ2n) is 5.39. The van der Waals surface area contributed by atoms with E-state index in [0.717, 1.165) is 10.8 Å². The third-order valence-corrected chi connectivity index (χ3v) is 5.21. The van der Waals surface area contributed by atoms with Crippen molar-refractivity contribution in [1.82, 2.24) is 19.3 Å². The molecule has 0 radical (unpaired) electrons. The van der Waals surface area contributed by atoms with Crippen molar-refractivity contribution in [3.8, 4) is 0 Å². The van der Waals surface area contributed by atoms with Gasteiger partial charge in [0.2, 0.25) is 10.0 Å². The maximum atomic E-state index is 12.3. The zero-order valence-corrected chi connectivity index (χ0v) is 13.9. The van der Waals surface area contributed by atoms with Crippen molar-refractivity contribution in [2.24, 2.45) is 0 Å². The minimum absolute atomic E-state index is 0.00578. The van der Waals surface area contributed by atoms with Crippen LogP contribution in [-0.4, -0.2) is 53.1 Å². The van der Waals surface area contributed by atoms with Crippen LogP contribution in [0.1, 0.15) is 12.6 Å². The lowest BCUT2D eigenvalue weighted by atomic mass is 10.2. The predicted octanol–water partition coefficient (Wildman–Crippen LogP) is -2.36. The maximum Gasteiger partial charge on any atom is 0.327 e. The number of nitrogens with one attached hydrogen (secondary N) is 3. The van der Waals surface area contributed by atoms with Crippen LogP contribution in [-0.2, 0) is 14.8 Å². The topological polar surface area (TPSA) is 163 Å². The molecule has 1 saturated heterocycles. The Balaban J connectivity index is 2.17. The summed E-state index contributed by atoms with van der Waals surface area (Å²) in [5, 5.41) is 9.27. The summed E-state index contributed by atoms with van der Waals surface area (Å²) in [5.41, 5.74) is -1.58. The molecule has 13 heteroatoms. The highest BCUT2D eigenvalue weighted by Crippen LogP contribution is 2.30. The molecule has 24 heavy (non-hydrogen) atoms. The summed E-state index contributed by atoms with van der Waals surface area (Å²) < 4.78 is 32.0. The van der Waals surface area contributed by atoms with Crippen molar-refractivity contribution >= 4 is 31.7 Å². The number of aliphatic hydroxyl groups excluding tert-OH is 1. The SMILES string of the molecule is CS(=O)(=O)NC1CC(CO)OC1n1c(=O)sc2c(=O)[nH]c(=O)[nH]c21. The van der Waals surface area contributed by atoms with Gasteiger partial charge >= 0.3 is 10.6 Å². The number of thiazole rings is 1. The summed E-state index contributed by atoms with van der Waals surface area (Å²) in [6.07, 6.45) is -0.705. The lowest BCUT2D eigenvalue weighted by Gasteiger charge is -2.20.